The van der Waals surface area contributed by atoms with Crippen LogP contribution in [-0.2, 0) is 27.2 Å². The van der Waals surface area contributed by atoms with Gasteiger partial charge in [0.25, 0.3) is 0 Å². The molecule has 0 amide bonds. The van der Waals surface area contributed by atoms with Crippen LogP contribution in [0.5, 0.6) is 0 Å². The van der Waals surface area contributed by atoms with Gasteiger partial charge < -0.3 is 27.9 Å². The third kappa shape index (κ3) is 8.34. The van der Waals surface area contributed by atoms with Gasteiger partial charge in [0.05, 0.1) is 32.1 Å². The van der Waals surface area contributed by atoms with E-state index in [0.717, 1.165) is 12.2 Å². The molecule has 208 valence electrons. The number of hydrogen-bond donors (Lipinski definition) is 0. The Labute approximate surface area is 220 Å². The van der Waals surface area contributed by atoms with Crippen LogP contribution in [0.2, 0.25) is 0 Å². The van der Waals surface area contributed by atoms with E-state index >= 15 is 0 Å². The van der Waals surface area contributed by atoms with Crippen LogP contribution in [-0.4, -0.2) is 58.6 Å². The van der Waals surface area contributed by atoms with Gasteiger partial charge in [0.15, 0.2) is 5.40 Å². The molecular formula is C25H40FN3O6P2. The summed E-state index contributed by atoms with van der Waals surface area (Å²) >= 11 is 0. The number of aromatic nitrogens is 1. The summed E-state index contributed by atoms with van der Waals surface area (Å²) in [6.07, 6.45) is 2.46. The zero-order chi connectivity index (χ0) is 27.5. The predicted octanol–water partition coefficient (Wildman–Crippen LogP) is 6.71. The molecule has 2 aromatic rings. The molecule has 0 aliphatic rings. The van der Waals surface area contributed by atoms with E-state index in [0.29, 0.717) is 18.7 Å². The highest BCUT2D eigenvalue weighted by atomic mass is 31.2. The van der Waals surface area contributed by atoms with Gasteiger partial charge >= 0.3 is 15.2 Å². The maximum atomic E-state index is 15.0. The molecule has 1 heterocycles. The Hall–Kier alpha value is -1.80. The fraction of sp³-hybridized carbons (Fsp3) is 0.560. The van der Waals surface area contributed by atoms with Crippen LogP contribution in [0.4, 0.5) is 15.9 Å². The normalized spacial score (nSPS) is 12.2. The van der Waals surface area contributed by atoms with E-state index in [2.05, 4.69) is 4.98 Å². The number of anilines is 2. The summed E-state index contributed by atoms with van der Waals surface area (Å²) < 4.78 is 65.2. The molecule has 0 bridgehead atoms. The molecule has 0 spiro atoms. The molecular weight excluding hydrogens is 519 g/mol. The quantitative estimate of drug-likeness (QED) is 0.196. The van der Waals surface area contributed by atoms with Gasteiger partial charge in [-0.3, -0.25) is 9.13 Å². The van der Waals surface area contributed by atoms with Gasteiger partial charge in [0, 0.05) is 33.4 Å². The van der Waals surface area contributed by atoms with Crippen molar-refractivity contribution in [3.63, 3.8) is 0 Å². The maximum absolute atomic E-state index is 15.0. The van der Waals surface area contributed by atoms with E-state index in [1.807, 2.05) is 30.1 Å². The number of pyridine rings is 1. The topological polar surface area (TPSA) is 90.4 Å². The Bertz CT molecular complexity index is 1010. The van der Waals surface area contributed by atoms with Gasteiger partial charge in [-0.1, -0.05) is 12.1 Å². The van der Waals surface area contributed by atoms with Crippen LogP contribution in [0.15, 0.2) is 42.6 Å². The Kier molecular flexibility index (Phi) is 12.7. The first-order valence-corrected chi connectivity index (χ1v) is 15.8. The molecule has 0 atom stereocenters. The van der Waals surface area contributed by atoms with E-state index in [4.69, 9.17) is 18.1 Å². The molecule has 12 heteroatoms. The predicted molar refractivity (Wildman–Crippen MR) is 146 cm³/mol. The lowest BCUT2D eigenvalue weighted by atomic mass is 10.2. The summed E-state index contributed by atoms with van der Waals surface area (Å²) in [6, 6.07) is 9.93. The van der Waals surface area contributed by atoms with Gasteiger partial charge in [0.2, 0.25) is 0 Å². The van der Waals surface area contributed by atoms with Crippen molar-refractivity contribution in [3.05, 3.63) is 54.0 Å². The third-order valence-corrected chi connectivity index (χ3v) is 11.5. The Morgan fingerprint density at radius 2 is 1.38 bits per heavy atom. The fourth-order valence-corrected chi connectivity index (χ4v) is 9.35. The molecule has 0 radical (unpaired) electrons. The maximum Gasteiger partial charge on any atom is 0.350 e. The summed E-state index contributed by atoms with van der Waals surface area (Å²) in [5, 5.41) is -1.37. The fourth-order valence-electron chi connectivity index (χ4n) is 3.96. The molecule has 37 heavy (non-hydrogen) atoms. The van der Waals surface area contributed by atoms with Crippen molar-refractivity contribution in [2.75, 3.05) is 63.4 Å². The molecule has 1 aromatic carbocycles. The molecule has 0 aliphatic carbocycles. The first kappa shape index (κ1) is 31.4. The number of nitrogens with zero attached hydrogens (tertiary/aromatic N) is 3. The number of hydrogen-bond acceptors (Lipinski definition) is 9. The van der Waals surface area contributed by atoms with E-state index < -0.39 is 26.4 Å². The molecule has 0 fully saturated rings. The minimum Gasteiger partial charge on any atom is -0.372 e. The van der Waals surface area contributed by atoms with E-state index in [1.165, 1.54) is 18.2 Å². The molecule has 0 aliphatic heterocycles. The van der Waals surface area contributed by atoms with Crippen molar-refractivity contribution in [2.45, 2.75) is 39.5 Å². The number of rotatable bonds is 17. The van der Waals surface area contributed by atoms with E-state index in [-0.39, 0.29) is 32.1 Å². The first-order chi connectivity index (χ1) is 17.7. The van der Waals surface area contributed by atoms with Gasteiger partial charge in [-0.25, -0.2) is 9.37 Å². The van der Waals surface area contributed by atoms with Crippen LogP contribution in [0.1, 0.15) is 45.1 Å². The number of benzene rings is 1. The Balaban J connectivity index is 2.39. The summed E-state index contributed by atoms with van der Waals surface area (Å²) in [6.45, 7) is 8.15. The minimum atomic E-state index is -4.03. The standard InChI is InChI=1S/C25H40FN3O6P2/c1-7-32-36(30,33-8-2)25(37(31,34-9-3)35-10-4)21-15-16-22(26)23(20-21)28(5)18-13-19-29(6)24-14-11-12-17-27-24/h11-12,14-17,20,25H,7-10,13,18-19H2,1-6H3. The second kappa shape index (κ2) is 15.0. The molecule has 0 unspecified atom stereocenters. The van der Waals surface area contributed by atoms with Crippen LogP contribution < -0.4 is 9.80 Å². The van der Waals surface area contributed by atoms with E-state index in [9.17, 15) is 13.5 Å². The van der Waals surface area contributed by atoms with Crippen molar-refractivity contribution in [2.24, 2.45) is 0 Å². The summed E-state index contributed by atoms with van der Waals surface area (Å²) in [7, 11) is -4.35. The second-order valence-corrected chi connectivity index (χ2v) is 12.9. The van der Waals surface area contributed by atoms with E-state index in [1.54, 1.807) is 45.8 Å². The molecule has 9 nitrogen and oxygen atoms in total. The SMILES string of the molecule is CCOP(=O)(OCC)C(c1ccc(F)c(N(C)CCCN(C)c2ccccn2)c1)P(=O)(OCC)OCC. The smallest absolute Gasteiger partial charge is 0.350 e. The third-order valence-electron chi connectivity index (χ3n) is 5.54. The average Bonchev–Trinajstić information content (AvgIpc) is 2.86. The van der Waals surface area contributed by atoms with Crippen LogP contribution >= 0.6 is 15.2 Å². The lowest BCUT2D eigenvalue weighted by molar-refractivity contribution is 0.195. The molecule has 0 saturated heterocycles. The average molecular weight is 560 g/mol. The summed E-state index contributed by atoms with van der Waals surface area (Å²) in [5.41, 5.74) is 0.561. The van der Waals surface area contributed by atoms with Crippen LogP contribution in [0.3, 0.4) is 0 Å². The first-order valence-electron chi connectivity index (χ1n) is 12.6. The molecule has 1 aromatic heterocycles. The summed E-state index contributed by atoms with van der Waals surface area (Å²) in [5.74, 6) is 0.389. The Morgan fingerprint density at radius 3 is 1.86 bits per heavy atom. The van der Waals surface area contributed by atoms with Crippen molar-refractivity contribution in [3.8, 4) is 0 Å². The number of halogens is 1. The molecule has 2 rings (SSSR count). The highest BCUT2D eigenvalue weighted by Crippen LogP contribution is 2.78. The van der Waals surface area contributed by atoms with Crippen molar-refractivity contribution in [1.82, 2.24) is 4.98 Å². The van der Waals surface area contributed by atoms with Crippen molar-refractivity contribution < 1.29 is 31.6 Å². The van der Waals surface area contributed by atoms with Gasteiger partial charge in [0.1, 0.15) is 11.6 Å². The minimum absolute atomic E-state index is 0.0593. The monoisotopic (exact) mass is 559 g/mol. The summed E-state index contributed by atoms with van der Waals surface area (Å²) in [4.78, 5) is 8.13. The second-order valence-electron chi connectivity index (χ2n) is 8.22. The zero-order valence-electron chi connectivity index (χ0n) is 22.6. The lowest BCUT2D eigenvalue weighted by Crippen LogP contribution is -2.26. The van der Waals surface area contributed by atoms with Crippen LogP contribution in [0.25, 0.3) is 0 Å². The lowest BCUT2D eigenvalue weighted by Gasteiger charge is -2.32. The highest BCUT2D eigenvalue weighted by molar-refractivity contribution is 7.72. The van der Waals surface area contributed by atoms with Gasteiger partial charge in [-0.05, 0) is 63.9 Å². The molecule has 0 N–H and O–H groups in total. The van der Waals surface area contributed by atoms with Gasteiger partial charge in [-0.15, -0.1) is 0 Å². The molecule has 0 saturated carbocycles. The van der Waals surface area contributed by atoms with Crippen molar-refractivity contribution >= 4 is 26.7 Å². The highest BCUT2D eigenvalue weighted by Gasteiger charge is 2.52. The largest absolute Gasteiger partial charge is 0.372 e. The zero-order valence-corrected chi connectivity index (χ0v) is 24.4. The van der Waals surface area contributed by atoms with Crippen LogP contribution in [0, 0.1) is 5.82 Å². The Morgan fingerprint density at radius 1 is 0.838 bits per heavy atom. The van der Waals surface area contributed by atoms with Gasteiger partial charge in [-0.2, -0.15) is 0 Å². The van der Waals surface area contributed by atoms with Crippen molar-refractivity contribution in [1.29, 1.82) is 0 Å².